The molecule has 3 atom stereocenters. The summed E-state index contributed by atoms with van der Waals surface area (Å²) in [5, 5.41) is 18.0. The fraction of sp³-hybridized carbons (Fsp3) is 0.417. The van der Waals surface area contributed by atoms with Crippen molar-refractivity contribution < 1.29 is 33.3 Å². The lowest BCUT2D eigenvalue weighted by atomic mass is 10.1. The van der Waals surface area contributed by atoms with E-state index in [9.17, 15) is 13.6 Å². The molecule has 1 unspecified atom stereocenters. The predicted octanol–water partition coefficient (Wildman–Crippen LogP) is 0.557. The second-order valence-electron chi connectivity index (χ2n) is 4.10. The number of benzene rings is 1. The van der Waals surface area contributed by atoms with Crippen LogP contribution in [0, 0.1) is 0 Å². The molecule has 1 aliphatic rings. The molecule has 7 heteroatoms. The van der Waals surface area contributed by atoms with E-state index in [1.54, 1.807) is 18.2 Å². The Labute approximate surface area is 107 Å². The molecular formula is C12H12F2O5. The highest BCUT2D eigenvalue weighted by Gasteiger charge is 2.58. The first-order valence-corrected chi connectivity index (χ1v) is 5.54. The molecule has 0 aliphatic carbocycles. The highest BCUT2D eigenvalue weighted by Crippen LogP contribution is 2.35. The third-order valence-electron chi connectivity index (χ3n) is 2.77. The monoisotopic (exact) mass is 274 g/mol. The van der Waals surface area contributed by atoms with E-state index in [1.807, 2.05) is 0 Å². The lowest BCUT2D eigenvalue weighted by Gasteiger charge is -2.18. The van der Waals surface area contributed by atoms with Gasteiger partial charge in [-0.25, -0.2) is 13.6 Å². The molecule has 0 radical (unpaired) electrons. The van der Waals surface area contributed by atoms with Crippen LogP contribution >= 0.6 is 0 Å². The molecule has 1 heterocycles. The van der Waals surface area contributed by atoms with Gasteiger partial charge in [-0.15, -0.1) is 0 Å². The molecule has 1 aromatic rings. The lowest BCUT2D eigenvalue weighted by molar-refractivity contribution is -0.133. The Balaban J connectivity index is 1.95. The number of carbonyl (C=O) groups excluding carboxylic acids is 1. The molecule has 0 bridgehead atoms. The van der Waals surface area contributed by atoms with Crippen LogP contribution in [0.15, 0.2) is 30.3 Å². The minimum Gasteiger partial charge on any atom is -0.459 e. The highest BCUT2D eigenvalue weighted by atomic mass is 19.3. The summed E-state index contributed by atoms with van der Waals surface area (Å²) < 4.78 is 35.9. The Morgan fingerprint density at radius 2 is 1.95 bits per heavy atom. The Morgan fingerprint density at radius 3 is 2.47 bits per heavy atom. The quantitative estimate of drug-likeness (QED) is 0.787. The molecule has 2 N–H and O–H groups in total. The molecule has 0 spiro atoms. The average Bonchev–Trinajstić information content (AvgIpc) is 2.60. The maximum absolute atomic E-state index is 13.4. The van der Waals surface area contributed by atoms with Gasteiger partial charge in [0.05, 0.1) is 5.56 Å². The van der Waals surface area contributed by atoms with Gasteiger partial charge in [-0.2, -0.15) is 0 Å². The van der Waals surface area contributed by atoms with E-state index in [4.69, 9.17) is 10.2 Å². The minimum atomic E-state index is -3.67. The number of esters is 1. The van der Waals surface area contributed by atoms with Crippen molar-refractivity contribution in [3.05, 3.63) is 35.9 Å². The van der Waals surface area contributed by atoms with Crippen molar-refractivity contribution in [3.63, 3.8) is 0 Å². The van der Waals surface area contributed by atoms with E-state index in [2.05, 4.69) is 9.47 Å². The van der Waals surface area contributed by atoms with Crippen LogP contribution in [0.2, 0.25) is 0 Å². The number of aliphatic hydroxyl groups excluding tert-OH is 2. The molecule has 0 aromatic heterocycles. The molecule has 1 fully saturated rings. The molecular weight excluding hydrogens is 262 g/mol. The maximum atomic E-state index is 13.4. The lowest BCUT2D eigenvalue weighted by Crippen LogP contribution is -2.42. The van der Waals surface area contributed by atoms with Crippen LogP contribution in [-0.2, 0) is 9.47 Å². The molecule has 2 rings (SSSR count). The summed E-state index contributed by atoms with van der Waals surface area (Å²) in [7, 11) is 0. The van der Waals surface area contributed by atoms with Crippen molar-refractivity contribution >= 4 is 5.97 Å². The normalized spacial score (nSPS) is 29.2. The van der Waals surface area contributed by atoms with Crippen molar-refractivity contribution in [1.29, 1.82) is 0 Å². The van der Waals surface area contributed by atoms with Gasteiger partial charge in [-0.1, -0.05) is 18.2 Å². The van der Waals surface area contributed by atoms with E-state index in [0.29, 0.717) is 0 Å². The van der Waals surface area contributed by atoms with Crippen molar-refractivity contribution in [3.8, 4) is 0 Å². The fourth-order valence-electron chi connectivity index (χ4n) is 1.67. The van der Waals surface area contributed by atoms with Crippen molar-refractivity contribution in [2.75, 3.05) is 6.61 Å². The van der Waals surface area contributed by atoms with Crippen LogP contribution in [0.4, 0.5) is 8.78 Å². The van der Waals surface area contributed by atoms with Gasteiger partial charge in [0, 0.05) is 0 Å². The van der Waals surface area contributed by atoms with E-state index in [1.165, 1.54) is 12.1 Å². The number of alkyl halides is 2. The third-order valence-corrected chi connectivity index (χ3v) is 2.77. The zero-order chi connectivity index (χ0) is 14.0. The number of carbonyl (C=O) groups is 1. The summed E-state index contributed by atoms with van der Waals surface area (Å²) in [4.78, 5) is 11.5. The van der Waals surface area contributed by atoms with Crippen LogP contribution in [0.1, 0.15) is 10.4 Å². The first kappa shape index (κ1) is 13.9. The third kappa shape index (κ3) is 2.73. The molecule has 1 aliphatic heterocycles. The Kier molecular flexibility index (Phi) is 3.79. The number of hydrogen-bond donors (Lipinski definition) is 2. The van der Waals surface area contributed by atoms with Crippen molar-refractivity contribution in [1.82, 2.24) is 0 Å². The van der Waals surface area contributed by atoms with Gasteiger partial charge >= 0.3 is 11.9 Å². The van der Waals surface area contributed by atoms with E-state index in [0.717, 1.165) is 0 Å². The first-order valence-electron chi connectivity index (χ1n) is 5.54. The standard InChI is InChI=1S/C12H12F2O5/c13-12(14)8(19-11(17)9(12)15)6-18-10(16)7-4-2-1-3-5-7/h1-5,8-9,11,15,17H,6H2/t8-,9+,11?/m1/s1. The molecule has 19 heavy (non-hydrogen) atoms. The Hall–Kier alpha value is -1.57. The van der Waals surface area contributed by atoms with Crippen LogP contribution in [0.3, 0.4) is 0 Å². The number of ether oxygens (including phenoxy) is 2. The van der Waals surface area contributed by atoms with Gasteiger partial charge in [0.25, 0.3) is 0 Å². The summed E-state index contributed by atoms with van der Waals surface area (Å²) in [6, 6.07) is 7.84. The topological polar surface area (TPSA) is 76.0 Å². The molecule has 0 amide bonds. The van der Waals surface area contributed by atoms with Crippen LogP contribution in [-0.4, -0.2) is 47.2 Å². The van der Waals surface area contributed by atoms with E-state index >= 15 is 0 Å². The van der Waals surface area contributed by atoms with Gasteiger partial charge in [-0.05, 0) is 12.1 Å². The molecule has 0 saturated carbocycles. The number of halogens is 2. The Bertz CT molecular complexity index is 451. The zero-order valence-corrected chi connectivity index (χ0v) is 9.70. The van der Waals surface area contributed by atoms with Gasteiger partial charge in [0.1, 0.15) is 6.61 Å². The number of hydrogen-bond acceptors (Lipinski definition) is 5. The predicted molar refractivity (Wildman–Crippen MR) is 58.6 cm³/mol. The summed E-state index contributed by atoms with van der Waals surface area (Å²) in [6.07, 6.45) is -6.19. The van der Waals surface area contributed by atoms with Crippen molar-refractivity contribution in [2.45, 2.75) is 24.4 Å². The summed E-state index contributed by atoms with van der Waals surface area (Å²) >= 11 is 0. The smallest absolute Gasteiger partial charge is 0.338 e. The molecule has 5 nitrogen and oxygen atoms in total. The summed E-state index contributed by atoms with van der Waals surface area (Å²) in [6.45, 7) is -0.755. The van der Waals surface area contributed by atoms with E-state index < -0.39 is 37.0 Å². The fourth-order valence-corrected chi connectivity index (χ4v) is 1.67. The molecule has 1 saturated heterocycles. The maximum Gasteiger partial charge on any atom is 0.338 e. The highest BCUT2D eigenvalue weighted by molar-refractivity contribution is 5.89. The van der Waals surface area contributed by atoms with Gasteiger partial charge in [0.2, 0.25) is 0 Å². The molecule has 104 valence electrons. The average molecular weight is 274 g/mol. The number of rotatable bonds is 3. The van der Waals surface area contributed by atoms with Gasteiger partial charge in [0.15, 0.2) is 18.5 Å². The van der Waals surface area contributed by atoms with Crippen LogP contribution in [0.5, 0.6) is 0 Å². The zero-order valence-electron chi connectivity index (χ0n) is 9.70. The number of aliphatic hydroxyl groups is 2. The van der Waals surface area contributed by atoms with Crippen LogP contribution in [0.25, 0.3) is 0 Å². The summed E-state index contributed by atoms with van der Waals surface area (Å²) in [5.74, 6) is -4.45. The minimum absolute atomic E-state index is 0.213. The SMILES string of the molecule is O=C(OC[C@H]1OC(O)[C@H](O)C1(F)F)c1ccccc1. The second-order valence-corrected chi connectivity index (χ2v) is 4.10. The van der Waals surface area contributed by atoms with E-state index in [-0.39, 0.29) is 5.56 Å². The first-order chi connectivity index (χ1) is 8.93. The van der Waals surface area contributed by atoms with Gasteiger partial charge < -0.3 is 19.7 Å². The second kappa shape index (κ2) is 5.20. The van der Waals surface area contributed by atoms with Gasteiger partial charge in [-0.3, -0.25) is 0 Å². The van der Waals surface area contributed by atoms with Crippen molar-refractivity contribution in [2.24, 2.45) is 0 Å². The summed E-state index contributed by atoms with van der Waals surface area (Å²) in [5.41, 5.74) is 0.213. The van der Waals surface area contributed by atoms with Crippen LogP contribution < -0.4 is 0 Å². The largest absolute Gasteiger partial charge is 0.459 e. The molecule has 1 aromatic carbocycles. The Morgan fingerprint density at radius 1 is 1.32 bits per heavy atom.